The van der Waals surface area contributed by atoms with Gasteiger partial charge in [0.1, 0.15) is 11.3 Å². The SMILES string of the molecule is CCc1oc(C(=O)NC(C)C)cc1C(=O)O. The molecule has 5 nitrogen and oxygen atoms in total. The van der Waals surface area contributed by atoms with Crippen molar-refractivity contribution in [3.05, 3.63) is 23.2 Å². The molecule has 0 saturated heterocycles. The Morgan fingerprint density at radius 1 is 1.50 bits per heavy atom. The lowest BCUT2D eigenvalue weighted by Gasteiger charge is -2.05. The van der Waals surface area contributed by atoms with Gasteiger partial charge in [0, 0.05) is 18.5 Å². The summed E-state index contributed by atoms with van der Waals surface area (Å²) in [5.74, 6) is -1.11. The van der Waals surface area contributed by atoms with Crippen LogP contribution in [0.15, 0.2) is 10.5 Å². The molecule has 0 aliphatic rings. The summed E-state index contributed by atoms with van der Waals surface area (Å²) in [7, 11) is 0. The first-order valence-electron chi connectivity index (χ1n) is 5.12. The molecule has 2 N–H and O–H groups in total. The predicted molar refractivity (Wildman–Crippen MR) is 57.6 cm³/mol. The van der Waals surface area contributed by atoms with Crippen LogP contribution in [0.25, 0.3) is 0 Å². The van der Waals surface area contributed by atoms with E-state index in [9.17, 15) is 9.59 Å². The molecule has 88 valence electrons. The van der Waals surface area contributed by atoms with Gasteiger partial charge in [-0.25, -0.2) is 4.79 Å². The highest BCUT2D eigenvalue weighted by Crippen LogP contribution is 2.16. The Balaban J connectivity index is 2.99. The number of hydrogen-bond donors (Lipinski definition) is 2. The summed E-state index contributed by atoms with van der Waals surface area (Å²) in [5.41, 5.74) is 0.0522. The van der Waals surface area contributed by atoms with E-state index in [-0.39, 0.29) is 17.4 Å². The van der Waals surface area contributed by atoms with Crippen molar-refractivity contribution in [3.63, 3.8) is 0 Å². The third-order valence-electron chi connectivity index (χ3n) is 2.00. The minimum atomic E-state index is -1.08. The van der Waals surface area contributed by atoms with Gasteiger partial charge in [0.15, 0.2) is 5.76 Å². The van der Waals surface area contributed by atoms with Crippen molar-refractivity contribution in [2.45, 2.75) is 33.2 Å². The number of carboxylic acids is 1. The number of aromatic carboxylic acids is 1. The summed E-state index contributed by atoms with van der Waals surface area (Å²) in [6, 6.07) is 1.25. The minimum absolute atomic E-state index is 0.0176. The van der Waals surface area contributed by atoms with Gasteiger partial charge in [-0.15, -0.1) is 0 Å². The van der Waals surface area contributed by atoms with E-state index in [0.29, 0.717) is 12.2 Å². The summed E-state index contributed by atoms with van der Waals surface area (Å²) in [6.07, 6.45) is 0.441. The van der Waals surface area contributed by atoms with E-state index < -0.39 is 11.9 Å². The van der Waals surface area contributed by atoms with E-state index >= 15 is 0 Å². The Bertz CT molecular complexity index is 406. The van der Waals surface area contributed by atoms with Crippen molar-refractivity contribution in [2.24, 2.45) is 0 Å². The van der Waals surface area contributed by atoms with Crippen molar-refractivity contribution in [1.29, 1.82) is 0 Å². The monoisotopic (exact) mass is 225 g/mol. The molecule has 16 heavy (non-hydrogen) atoms. The maximum Gasteiger partial charge on any atom is 0.339 e. The van der Waals surface area contributed by atoms with Gasteiger partial charge < -0.3 is 14.8 Å². The van der Waals surface area contributed by atoms with Gasteiger partial charge in [0.05, 0.1) is 0 Å². The molecule has 0 saturated carbocycles. The van der Waals surface area contributed by atoms with Crippen LogP contribution in [0.2, 0.25) is 0 Å². The molecule has 0 fully saturated rings. The number of furan rings is 1. The highest BCUT2D eigenvalue weighted by atomic mass is 16.4. The van der Waals surface area contributed by atoms with Crippen LogP contribution in [0.4, 0.5) is 0 Å². The Labute approximate surface area is 93.4 Å². The molecule has 1 heterocycles. The van der Waals surface area contributed by atoms with Crippen LogP contribution < -0.4 is 5.32 Å². The topological polar surface area (TPSA) is 79.5 Å². The Morgan fingerprint density at radius 3 is 2.50 bits per heavy atom. The predicted octanol–water partition coefficient (Wildman–Crippen LogP) is 1.68. The maximum absolute atomic E-state index is 11.6. The largest absolute Gasteiger partial charge is 0.478 e. The highest BCUT2D eigenvalue weighted by molar-refractivity contribution is 5.96. The second-order valence-electron chi connectivity index (χ2n) is 3.73. The van der Waals surface area contributed by atoms with Crippen molar-refractivity contribution in [1.82, 2.24) is 5.32 Å². The van der Waals surface area contributed by atoms with Gasteiger partial charge >= 0.3 is 5.97 Å². The van der Waals surface area contributed by atoms with Gasteiger partial charge in [0.25, 0.3) is 5.91 Å². The molecule has 0 atom stereocenters. The van der Waals surface area contributed by atoms with Crippen molar-refractivity contribution in [2.75, 3.05) is 0 Å². The number of aryl methyl sites for hydroxylation is 1. The molecular formula is C11H15NO4. The Morgan fingerprint density at radius 2 is 2.12 bits per heavy atom. The van der Waals surface area contributed by atoms with E-state index in [1.54, 1.807) is 6.92 Å². The van der Waals surface area contributed by atoms with Gasteiger partial charge in [-0.1, -0.05) is 6.92 Å². The zero-order valence-electron chi connectivity index (χ0n) is 9.53. The van der Waals surface area contributed by atoms with Gasteiger partial charge in [-0.2, -0.15) is 0 Å². The van der Waals surface area contributed by atoms with Gasteiger partial charge in [-0.3, -0.25) is 4.79 Å². The van der Waals surface area contributed by atoms with Crippen molar-refractivity contribution in [3.8, 4) is 0 Å². The number of carbonyl (C=O) groups is 2. The molecule has 0 aliphatic heterocycles. The fraction of sp³-hybridized carbons (Fsp3) is 0.455. The van der Waals surface area contributed by atoms with E-state index in [1.807, 2.05) is 13.8 Å². The standard InChI is InChI=1S/C11H15NO4/c1-4-8-7(11(14)15)5-9(16-8)10(13)12-6(2)3/h5-6H,4H2,1-3H3,(H,12,13)(H,14,15). The first kappa shape index (κ1) is 12.3. The van der Waals surface area contributed by atoms with E-state index in [2.05, 4.69) is 5.32 Å². The van der Waals surface area contributed by atoms with Crippen LogP contribution in [0, 0.1) is 0 Å². The molecular weight excluding hydrogens is 210 g/mol. The summed E-state index contributed by atoms with van der Waals surface area (Å²) in [6.45, 7) is 5.41. The smallest absolute Gasteiger partial charge is 0.339 e. The van der Waals surface area contributed by atoms with Crippen LogP contribution in [-0.4, -0.2) is 23.0 Å². The summed E-state index contributed by atoms with van der Waals surface area (Å²) in [5, 5.41) is 11.5. The number of carboxylic acid groups (broad SMARTS) is 1. The minimum Gasteiger partial charge on any atom is -0.478 e. The summed E-state index contributed by atoms with van der Waals surface area (Å²) in [4.78, 5) is 22.4. The fourth-order valence-corrected chi connectivity index (χ4v) is 1.32. The lowest BCUT2D eigenvalue weighted by atomic mass is 10.2. The molecule has 0 spiro atoms. The van der Waals surface area contributed by atoms with Crippen LogP contribution >= 0.6 is 0 Å². The van der Waals surface area contributed by atoms with Gasteiger partial charge in [0.2, 0.25) is 0 Å². The molecule has 1 aromatic rings. The first-order valence-corrected chi connectivity index (χ1v) is 5.12. The Hall–Kier alpha value is -1.78. The zero-order valence-corrected chi connectivity index (χ0v) is 9.53. The molecule has 0 bridgehead atoms. The number of hydrogen-bond acceptors (Lipinski definition) is 3. The number of rotatable bonds is 4. The normalized spacial score (nSPS) is 10.5. The van der Waals surface area contributed by atoms with E-state index in [0.717, 1.165) is 0 Å². The third kappa shape index (κ3) is 2.62. The maximum atomic E-state index is 11.6. The lowest BCUT2D eigenvalue weighted by Crippen LogP contribution is -2.29. The molecule has 1 aromatic heterocycles. The van der Waals surface area contributed by atoms with Crippen LogP contribution in [0.3, 0.4) is 0 Å². The molecule has 1 rings (SSSR count). The molecule has 5 heteroatoms. The molecule has 0 radical (unpaired) electrons. The zero-order chi connectivity index (χ0) is 12.3. The number of carbonyl (C=O) groups excluding carboxylic acids is 1. The van der Waals surface area contributed by atoms with Gasteiger partial charge in [-0.05, 0) is 13.8 Å². The van der Waals surface area contributed by atoms with Crippen LogP contribution in [0.5, 0.6) is 0 Å². The first-order chi connectivity index (χ1) is 7.45. The quantitative estimate of drug-likeness (QED) is 0.817. The highest BCUT2D eigenvalue weighted by Gasteiger charge is 2.20. The molecule has 0 aromatic carbocycles. The fourth-order valence-electron chi connectivity index (χ4n) is 1.32. The molecule has 0 unspecified atom stereocenters. The number of amides is 1. The Kier molecular flexibility index (Phi) is 3.71. The molecule has 0 aliphatic carbocycles. The average molecular weight is 225 g/mol. The summed E-state index contributed by atoms with van der Waals surface area (Å²) < 4.78 is 5.20. The lowest BCUT2D eigenvalue weighted by molar-refractivity contribution is 0.0694. The summed E-state index contributed by atoms with van der Waals surface area (Å²) >= 11 is 0. The van der Waals surface area contributed by atoms with Crippen LogP contribution in [0.1, 0.15) is 47.4 Å². The van der Waals surface area contributed by atoms with Crippen LogP contribution in [-0.2, 0) is 6.42 Å². The second-order valence-corrected chi connectivity index (χ2v) is 3.73. The third-order valence-corrected chi connectivity index (χ3v) is 2.00. The van der Waals surface area contributed by atoms with E-state index in [4.69, 9.17) is 9.52 Å². The van der Waals surface area contributed by atoms with Crippen molar-refractivity contribution < 1.29 is 19.1 Å². The average Bonchev–Trinajstić information content (AvgIpc) is 2.60. The van der Waals surface area contributed by atoms with Crippen molar-refractivity contribution >= 4 is 11.9 Å². The number of nitrogens with one attached hydrogen (secondary N) is 1. The van der Waals surface area contributed by atoms with E-state index in [1.165, 1.54) is 6.07 Å². The molecule has 1 amide bonds. The second kappa shape index (κ2) is 4.83.